The van der Waals surface area contributed by atoms with Crippen molar-refractivity contribution in [1.82, 2.24) is 10.5 Å². The average molecular weight is 296 g/mol. The molecule has 1 rings (SSSR count). The van der Waals surface area contributed by atoms with Gasteiger partial charge in [-0.15, -0.1) is 0 Å². The van der Waals surface area contributed by atoms with Crippen molar-refractivity contribution in [3.05, 3.63) is 17.5 Å². The van der Waals surface area contributed by atoms with E-state index in [1.807, 2.05) is 20.8 Å². The Kier molecular flexibility index (Phi) is 6.91. The Labute approximate surface area is 124 Å². The van der Waals surface area contributed by atoms with Crippen LogP contribution in [0, 0.1) is 0 Å². The minimum atomic E-state index is -1.03. The van der Waals surface area contributed by atoms with Crippen LogP contribution in [0.25, 0.3) is 0 Å². The van der Waals surface area contributed by atoms with Crippen molar-refractivity contribution in [2.45, 2.75) is 64.8 Å². The van der Waals surface area contributed by atoms with Crippen LogP contribution >= 0.6 is 0 Å². The Morgan fingerprint density at radius 3 is 2.52 bits per heavy atom. The topological polar surface area (TPSA) is 92.4 Å². The summed E-state index contributed by atoms with van der Waals surface area (Å²) in [5, 5.41) is 15.5. The van der Waals surface area contributed by atoms with Gasteiger partial charge in [0.2, 0.25) is 5.76 Å². The van der Waals surface area contributed by atoms with Gasteiger partial charge in [0.25, 0.3) is 5.91 Å². The predicted octanol–water partition coefficient (Wildman–Crippen LogP) is 2.95. The number of unbranched alkanes of at least 4 members (excludes halogenated alkanes) is 1. The molecular formula is C15H24N2O4. The highest BCUT2D eigenvalue weighted by Crippen LogP contribution is 2.22. The second-order valence-corrected chi connectivity index (χ2v) is 5.14. The Hall–Kier alpha value is -1.85. The molecule has 1 aromatic heterocycles. The van der Waals surface area contributed by atoms with Gasteiger partial charge < -0.3 is 14.9 Å². The first kappa shape index (κ1) is 17.2. The molecule has 0 radical (unpaired) electrons. The van der Waals surface area contributed by atoms with Gasteiger partial charge in [0.05, 0.1) is 5.69 Å². The lowest BCUT2D eigenvalue weighted by Crippen LogP contribution is -2.40. The van der Waals surface area contributed by atoms with Crippen LogP contribution in [0.4, 0.5) is 0 Å². The van der Waals surface area contributed by atoms with E-state index in [0.29, 0.717) is 6.42 Å². The molecule has 6 nitrogen and oxygen atoms in total. The maximum Gasteiger partial charge on any atom is 0.326 e. The van der Waals surface area contributed by atoms with Crippen LogP contribution in [-0.4, -0.2) is 28.2 Å². The monoisotopic (exact) mass is 296 g/mol. The molecule has 1 heterocycles. The molecule has 0 saturated heterocycles. The van der Waals surface area contributed by atoms with Gasteiger partial charge in [-0.2, -0.15) is 0 Å². The van der Waals surface area contributed by atoms with E-state index in [9.17, 15) is 9.59 Å². The minimum Gasteiger partial charge on any atom is -0.480 e. The van der Waals surface area contributed by atoms with Gasteiger partial charge in [-0.3, -0.25) is 4.79 Å². The number of nitrogens with one attached hydrogen (secondary N) is 1. The third-order valence-corrected chi connectivity index (χ3v) is 3.61. The standard InChI is InChI=1S/C15H24N2O4/c1-4-7-8-11(15(19)20)16-14(18)13-9-12(17-21-13)10(5-2)6-3/h9-11H,4-8H2,1-3H3,(H,16,18)(H,19,20). The summed E-state index contributed by atoms with van der Waals surface area (Å²) in [6, 6.07) is 0.713. The Morgan fingerprint density at radius 1 is 1.33 bits per heavy atom. The summed E-state index contributed by atoms with van der Waals surface area (Å²) < 4.78 is 5.04. The average Bonchev–Trinajstić information content (AvgIpc) is 2.94. The zero-order valence-electron chi connectivity index (χ0n) is 12.9. The highest BCUT2D eigenvalue weighted by molar-refractivity contribution is 5.94. The van der Waals surface area contributed by atoms with Crippen molar-refractivity contribution in [3.63, 3.8) is 0 Å². The molecule has 1 unspecified atom stereocenters. The number of nitrogens with zero attached hydrogens (tertiary/aromatic N) is 1. The summed E-state index contributed by atoms with van der Waals surface area (Å²) >= 11 is 0. The van der Waals surface area contributed by atoms with Crippen LogP contribution in [0.1, 0.15) is 75.0 Å². The van der Waals surface area contributed by atoms with Crippen LogP contribution in [0.15, 0.2) is 10.6 Å². The lowest BCUT2D eigenvalue weighted by atomic mass is 9.99. The van der Waals surface area contributed by atoms with E-state index >= 15 is 0 Å². The summed E-state index contributed by atoms with van der Waals surface area (Å²) in [7, 11) is 0. The van der Waals surface area contributed by atoms with Crippen LogP contribution in [-0.2, 0) is 4.79 Å². The fourth-order valence-electron chi connectivity index (χ4n) is 2.19. The first-order valence-corrected chi connectivity index (χ1v) is 7.53. The molecule has 0 fully saturated rings. The summed E-state index contributed by atoms with van der Waals surface area (Å²) in [5.74, 6) is -1.23. The number of carboxylic acids is 1. The van der Waals surface area contributed by atoms with Gasteiger partial charge in [0.1, 0.15) is 6.04 Å². The first-order chi connectivity index (χ1) is 10.0. The molecule has 1 aromatic rings. The van der Waals surface area contributed by atoms with E-state index in [-0.39, 0.29) is 11.7 Å². The third-order valence-electron chi connectivity index (χ3n) is 3.61. The molecule has 0 aromatic carbocycles. The van der Waals surface area contributed by atoms with Crippen molar-refractivity contribution < 1.29 is 19.2 Å². The van der Waals surface area contributed by atoms with Crippen molar-refractivity contribution in [1.29, 1.82) is 0 Å². The third kappa shape index (κ3) is 4.88. The number of carbonyl (C=O) groups excluding carboxylic acids is 1. The van der Waals surface area contributed by atoms with Crippen LogP contribution in [0.3, 0.4) is 0 Å². The van der Waals surface area contributed by atoms with Gasteiger partial charge in [-0.1, -0.05) is 38.8 Å². The molecule has 0 spiro atoms. The van der Waals surface area contributed by atoms with E-state index in [2.05, 4.69) is 10.5 Å². The number of amides is 1. The summed E-state index contributed by atoms with van der Waals surface area (Å²) in [5.41, 5.74) is 0.741. The Bertz CT molecular complexity index is 466. The van der Waals surface area contributed by atoms with Crippen molar-refractivity contribution in [2.75, 3.05) is 0 Å². The van der Waals surface area contributed by atoms with E-state index in [4.69, 9.17) is 9.63 Å². The Balaban J connectivity index is 2.72. The largest absolute Gasteiger partial charge is 0.480 e. The zero-order valence-corrected chi connectivity index (χ0v) is 12.9. The van der Waals surface area contributed by atoms with Gasteiger partial charge in [-0.05, 0) is 19.3 Å². The SMILES string of the molecule is CCCCC(NC(=O)c1cc(C(CC)CC)no1)C(=O)O. The predicted molar refractivity (Wildman–Crippen MR) is 78.2 cm³/mol. The van der Waals surface area contributed by atoms with E-state index in [1.165, 1.54) is 0 Å². The number of hydrogen-bond donors (Lipinski definition) is 2. The Morgan fingerprint density at radius 2 is 2.00 bits per heavy atom. The van der Waals surface area contributed by atoms with Crippen molar-refractivity contribution in [3.8, 4) is 0 Å². The summed E-state index contributed by atoms with van der Waals surface area (Å²) in [4.78, 5) is 23.1. The second kappa shape index (κ2) is 8.44. The molecule has 0 bridgehead atoms. The molecule has 1 amide bonds. The molecule has 21 heavy (non-hydrogen) atoms. The second-order valence-electron chi connectivity index (χ2n) is 5.14. The van der Waals surface area contributed by atoms with Gasteiger partial charge in [0, 0.05) is 12.0 Å². The normalized spacial score (nSPS) is 12.4. The minimum absolute atomic E-state index is 0.0691. The van der Waals surface area contributed by atoms with E-state index in [1.54, 1.807) is 6.07 Å². The number of carbonyl (C=O) groups is 2. The number of rotatable bonds is 9. The van der Waals surface area contributed by atoms with Gasteiger partial charge in [-0.25, -0.2) is 4.79 Å². The van der Waals surface area contributed by atoms with Gasteiger partial charge in [0.15, 0.2) is 0 Å². The molecule has 6 heteroatoms. The van der Waals surface area contributed by atoms with Crippen molar-refractivity contribution in [2.24, 2.45) is 0 Å². The number of aromatic nitrogens is 1. The number of hydrogen-bond acceptors (Lipinski definition) is 4. The lowest BCUT2D eigenvalue weighted by Gasteiger charge is -2.12. The molecule has 118 valence electrons. The van der Waals surface area contributed by atoms with Crippen LogP contribution in [0.5, 0.6) is 0 Å². The quantitative estimate of drug-likeness (QED) is 0.731. The zero-order chi connectivity index (χ0) is 15.8. The fraction of sp³-hybridized carbons (Fsp3) is 0.667. The first-order valence-electron chi connectivity index (χ1n) is 7.53. The highest BCUT2D eigenvalue weighted by atomic mass is 16.5. The van der Waals surface area contributed by atoms with Crippen LogP contribution in [0.2, 0.25) is 0 Å². The maximum atomic E-state index is 12.0. The van der Waals surface area contributed by atoms with Crippen molar-refractivity contribution >= 4 is 11.9 Å². The summed E-state index contributed by atoms with van der Waals surface area (Å²) in [6.45, 7) is 6.07. The fourth-order valence-corrected chi connectivity index (χ4v) is 2.19. The molecule has 2 N–H and O–H groups in total. The molecule has 0 aliphatic rings. The lowest BCUT2D eigenvalue weighted by molar-refractivity contribution is -0.139. The van der Waals surface area contributed by atoms with Crippen LogP contribution < -0.4 is 5.32 Å². The molecule has 0 aliphatic heterocycles. The maximum absolute atomic E-state index is 12.0. The molecule has 0 saturated carbocycles. The van der Waals surface area contributed by atoms with E-state index in [0.717, 1.165) is 31.4 Å². The smallest absolute Gasteiger partial charge is 0.326 e. The number of aliphatic carboxylic acids is 1. The number of carboxylic acid groups (broad SMARTS) is 1. The van der Waals surface area contributed by atoms with Gasteiger partial charge >= 0.3 is 5.97 Å². The molecule has 1 atom stereocenters. The highest BCUT2D eigenvalue weighted by Gasteiger charge is 2.23. The summed E-state index contributed by atoms with van der Waals surface area (Å²) in [6.07, 6.45) is 3.86. The van der Waals surface area contributed by atoms with E-state index < -0.39 is 17.9 Å². The molecule has 0 aliphatic carbocycles. The molecular weight excluding hydrogens is 272 g/mol.